The van der Waals surface area contributed by atoms with Gasteiger partial charge in [-0.1, -0.05) is 17.8 Å². The van der Waals surface area contributed by atoms with E-state index in [1.54, 1.807) is 13.1 Å². The lowest BCUT2D eigenvalue weighted by Crippen LogP contribution is -2.39. The summed E-state index contributed by atoms with van der Waals surface area (Å²) in [6.45, 7) is 3.53. The van der Waals surface area contributed by atoms with Gasteiger partial charge in [0.05, 0.1) is 16.9 Å². The summed E-state index contributed by atoms with van der Waals surface area (Å²) in [5.41, 5.74) is 0. The Balaban J connectivity index is 2.46. The van der Waals surface area contributed by atoms with Crippen LogP contribution in [-0.2, 0) is 4.79 Å². The Morgan fingerprint density at radius 1 is 1.56 bits per heavy atom. The topological polar surface area (TPSA) is 62.2 Å². The van der Waals surface area contributed by atoms with Crippen LogP contribution in [-0.4, -0.2) is 33.9 Å². The first-order chi connectivity index (χ1) is 7.63. The van der Waals surface area contributed by atoms with Crippen molar-refractivity contribution in [2.24, 2.45) is 0 Å². The molecule has 1 amide bonds. The average Bonchev–Trinajstić information content (AvgIpc) is 2.30. The highest BCUT2D eigenvalue weighted by Crippen LogP contribution is 2.20. The molecule has 0 aliphatic rings. The van der Waals surface area contributed by atoms with E-state index in [0.29, 0.717) is 0 Å². The molecule has 2 N–H and O–H groups in total. The molecule has 2 atom stereocenters. The molecular weight excluding hydrogens is 224 g/mol. The summed E-state index contributed by atoms with van der Waals surface area (Å²) in [5, 5.41) is 12.1. The largest absolute Gasteiger partial charge is 0.394 e. The lowest BCUT2D eigenvalue weighted by molar-refractivity contribution is -0.121. The van der Waals surface area contributed by atoms with Crippen molar-refractivity contribution in [1.82, 2.24) is 10.3 Å². The monoisotopic (exact) mass is 240 g/mol. The number of aliphatic hydroxyl groups is 1. The zero-order valence-corrected chi connectivity index (χ0v) is 10.2. The third-order valence-electron chi connectivity index (χ3n) is 1.97. The fourth-order valence-corrected chi connectivity index (χ4v) is 1.87. The van der Waals surface area contributed by atoms with Crippen LogP contribution in [0.1, 0.15) is 13.8 Å². The molecule has 1 aromatic heterocycles. The Labute approximate surface area is 99.5 Å². The summed E-state index contributed by atoms with van der Waals surface area (Å²) in [4.78, 5) is 15.8. The van der Waals surface area contributed by atoms with Crippen LogP contribution in [0.25, 0.3) is 0 Å². The summed E-state index contributed by atoms with van der Waals surface area (Å²) < 4.78 is 0. The molecule has 4 nitrogen and oxygen atoms in total. The highest BCUT2D eigenvalue weighted by Gasteiger charge is 2.16. The van der Waals surface area contributed by atoms with Gasteiger partial charge in [-0.25, -0.2) is 4.98 Å². The maximum Gasteiger partial charge on any atom is 0.233 e. The Bertz CT molecular complexity index is 332. The molecule has 0 saturated carbocycles. The molecule has 1 rings (SSSR count). The van der Waals surface area contributed by atoms with E-state index in [9.17, 15) is 4.79 Å². The molecule has 0 aliphatic carbocycles. The van der Waals surface area contributed by atoms with Crippen molar-refractivity contribution in [1.29, 1.82) is 0 Å². The van der Waals surface area contributed by atoms with Gasteiger partial charge in [-0.3, -0.25) is 4.79 Å². The average molecular weight is 240 g/mol. The normalized spacial score (nSPS) is 14.2. The second-order valence-electron chi connectivity index (χ2n) is 3.52. The van der Waals surface area contributed by atoms with Crippen LogP contribution in [0.15, 0.2) is 29.4 Å². The fourth-order valence-electron chi connectivity index (χ4n) is 1.06. The van der Waals surface area contributed by atoms with E-state index in [-0.39, 0.29) is 23.8 Å². The van der Waals surface area contributed by atoms with Gasteiger partial charge in [0, 0.05) is 12.2 Å². The molecule has 0 spiro atoms. The Kier molecular flexibility index (Phi) is 5.28. The van der Waals surface area contributed by atoms with Gasteiger partial charge in [0.2, 0.25) is 5.91 Å². The van der Waals surface area contributed by atoms with Crippen molar-refractivity contribution in [3.05, 3.63) is 24.4 Å². The number of amides is 1. The molecular formula is C11H16N2O2S. The van der Waals surface area contributed by atoms with E-state index in [0.717, 1.165) is 5.03 Å². The van der Waals surface area contributed by atoms with Gasteiger partial charge in [-0.2, -0.15) is 0 Å². The number of nitrogens with one attached hydrogen (secondary N) is 1. The summed E-state index contributed by atoms with van der Waals surface area (Å²) >= 11 is 1.40. The van der Waals surface area contributed by atoms with Crippen LogP contribution >= 0.6 is 11.8 Å². The predicted octanol–water partition coefficient (Wildman–Crippen LogP) is 1.06. The van der Waals surface area contributed by atoms with Gasteiger partial charge in [0.25, 0.3) is 0 Å². The first-order valence-corrected chi connectivity index (χ1v) is 6.00. The van der Waals surface area contributed by atoms with Crippen LogP contribution < -0.4 is 5.32 Å². The van der Waals surface area contributed by atoms with E-state index in [1.165, 1.54) is 11.8 Å². The molecule has 1 aromatic rings. The summed E-state index contributed by atoms with van der Waals surface area (Å²) in [7, 11) is 0. The first-order valence-electron chi connectivity index (χ1n) is 5.12. The smallest absolute Gasteiger partial charge is 0.233 e. The van der Waals surface area contributed by atoms with Crippen molar-refractivity contribution in [3.8, 4) is 0 Å². The van der Waals surface area contributed by atoms with Gasteiger partial charge < -0.3 is 10.4 Å². The number of carbonyl (C=O) groups is 1. The molecule has 0 saturated heterocycles. The zero-order chi connectivity index (χ0) is 12.0. The van der Waals surface area contributed by atoms with E-state index in [1.807, 2.05) is 25.1 Å². The number of nitrogens with zero attached hydrogens (tertiary/aromatic N) is 1. The van der Waals surface area contributed by atoms with Gasteiger partial charge >= 0.3 is 0 Å². The third kappa shape index (κ3) is 4.20. The Morgan fingerprint density at radius 3 is 2.88 bits per heavy atom. The minimum Gasteiger partial charge on any atom is -0.394 e. The molecule has 0 aromatic carbocycles. The number of aliphatic hydroxyl groups excluding tert-OH is 1. The quantitative estimate of drug-likeness (QED) is 0.755. The van der Waals surface area contributed by atoms with Gasteiger partial charge in [0.1, 0.15) is 0 Å². The molecule has 0 aliphatic heterocycles. The van der Waals surface area contributed by atoms with Crippen LogP contribution in [0.5, 0.6) is 0 Å². The molecule has 1 heterocycles. The lowest BCUT2D eigenvalue weighted by Gasteiger charge is -2.14. The van der Waals surface area contributed by atoms with Gasteiger partial charge in [0.15, 0.2) is 0 Å². The standard InChI is InChI=1S/C11H16N2O2S/c1-8(7-14)13-11(15)9(2)16-10-5-3-4-6-12-10/h3-6,8-9,14H,7H2,1-2H3,(H,13,15). The Morgan fingerprint density at radius 2 is 2.31 bits per heavy atom. The second kappa shape index (κ2) is 6.50. The van der Waals surface area contributed by atoms with Gasteiger partial charge in [-0.15, -0.1) is 0 Å². The number of pyridine rings is 1. The molecule has 0 fully saturated rings. The number of hydrogen-bond donors (Lipinski definition) is 2. The summed E-state index contributed by atoms with van der Waals surface area (Å²) in [6.07, 6.45) is 1.70. The summed E-state index contributed by atoms with van der Waals surface area (Å²) in [5.74, 6) is -0.0859. The number of carbonyl (C=O) groups excluding carboxylic acids is 1. The van der Waals surface area contributed by atoms with Crippen LogP contribution in [0, 0.1) is 0 Å². The minimum absolute atomic E-state index is 0.0489. The highest BCUT2D eigenvalue weighted by molar-refractivity contribution is 8.00. The molecule has 2 unspecified atom stereocenters. The van der Waals surface area contributed by atoms with Crippen molar-refractivity contribution >= 4 is 17.7 Å². The number of rotatable bonds is 5. The fraction of sp³-hybridized carbons (Fsp3) is 0.455. The molecule has 0 radical (unpaired) electrons. The van der Waals surface area contributed by atoms with E-state index in [2.05, 4.69) is 10.3 Å². The van der Waals surface area contributed by atoms with Crippen LogP contribution in [0.2, 0.25) is 0 Å². The number of aromatic nitrogens is 1. The molecule has 0 bridgehead atoms. The molecule has 5 heteroatoms. The molecule has 16 heavy (non-hydrogen) atoms. The number of hydrogen-bond acceptors (Lipinski definition) is 4. The van der Waals surface area contributed by atoms with Gasteiger partial charge in [-0.05, 0) is 26.0 Å². The third-order valence-corrected chi connectivity index (χ3v) is 3.02. The van der Waals surface area contributed by atoms with Crippen LogP contribution in [0.4, 0.5) is 0 Å². The van der Waals surface area contributed by atoms with Crippen molar-refractivity contribution in [3.63, 3.8) is 0 Å². The lowest BCUT2D eigenvalue weighted by atomic mass is 10.3. The molecule has 88 valence electrons. The predicted molar refractivity (Wildman–Crippen MR) is 64.2 cm³/mol. The SMILES string of the molecule is CC(CO)NC(=O)C(C)Sc1ccccn1. The van der Waals surface area contributed by atoms with E-state index in [4.69, 9.17) is 5.11 Å². The van der Waals surface area contributed by atoms with E-state index >= 15 is 0 Å². The zero-order valence-electron chi connectivity index (χ0n) is 9.38. The maximum atomic E-state index is 11.6. The van der Waals surface area contributed by atoms with Crippen molar-refractivity contribution in [2.75, 3.05) is 6.61 Å². The van der Waals surface area contributed by atoms with Crippen molar-refractivity contribution < 1.29 is 9.90 Å². The Hall–Kier alpha value is -1.07. The maximum absolute atomic E-state index is 11.6. The minimum atomic E-state index is -0.219. The van der Waals surface area contributed by atoms with Crippen LogP contribution in [0.3, 0.4) is 0 Å². The van der Waals surface area contributed by atoms with Crippen molar-refractivity contribution in [2.45, 2.75) is 30.2 Å². The number of thioether (sulfide) groups is 1. The first kappa shape index (κ1) is 13.0. The second-order valence-corrected chi connectivity index (χ2v) is 4.88. The van der Waals surface area contributed by atoms with E-state index < -0.39 is 0 Å². The highest BCUT2D eigenvalue weighted by atomic mass is 32.2. The summed E-state index contributed by atoms with van der Waals surface area (Å²) in [6, 6.07) is 5.38.